The van der Waals surface area contributed by atoms with Crippen LogP contribution in [-0.2, 0) is 0 Å². The average Bonchev–Trinajstić information content (AvgIpc) is 3.09. The van der Waals surface area contributed by atoms with Gasteiger partial charge in [-0.05, 0) is 39.5 Å². The first kappa shape index (κ1) is 19.7. The Morgan fingerprint density at radius 2 is 1.88 bits per heavy atom. The fraction of sp³-hybridized carbons (Fsp3) is 0.421. The van der Waals surface area contributed by atoms with E-state index in [9.17, 15) is 9.59 Å². The van der Waals surface area contributed by atoms with Crippen LogP contribution in [0.1, 0.15) is 45.9 Å². The number of hydrogen-bond acceptors (Lipinski definition) is 4. The third-order valence-corrected chi connectivity index (χ3v) is 4.14. The monoisotopic (exact) mass is 357 g/mol. The molecule has 2 aromatic rings. The average molecular weight is 357 g/mol. The third-order valence-electron chi connectivity index (χ3n) is 4.14. The summed E-state index contributed by atoms with van der Waals surface area (Å²) in [5.41, 5.74) is 1.62. The summed E-state index contributed by atoms with van der Waals surface area (Å²) >= 11 is 0. The molecule has 0 bridgehead atoms. The number of amides is 2. The van der Waals surface area contributed by atoms with Crippen LogP contribution in [0.3, 0.4) is 0 Å². The number of carbonyl (C=O) groups excluding carboxylic acids is 2. The number of hydrogen-bond donors (Lipinski definition) is 2. The topological polar surface area (TPSA) is 79.3 Å². The second-order valence-electron chi connectivity index (χ2n) is 6.44. The molecular formula is C19H27N5O2. The van der Waals surface area contributed by atoms with Crippen molar-refractivity contribution in [1.82, 2.24) is 25.3 Å². The van der Waals surface area contributed by atoms with Gasteiger partial charge in [0.1, 0.15) is 5.69 Å². The Morgan fingerprint density at radius 3 is 2.50 bits per heavy atom. The summed E-state index contributed by atoms with van der Waals surface area (Å²) in [6.07, 6.45) is 0.851. The highest BCUT2D eigenvalue weighted by atomic mass is 16.2. The van der Waals surface area contributed by atoms with Gasteiger partial charge in [-0.3, -0.25) is 14.3 Å². The van der Waals surface area contributed by atoms with E-state index in [0.717, 1.165) is 18.5 Å². The number of rotatable bonds is 8. The van der Waals surface area contributed by atoms with Crippen LogP contribution in [0.5, 0.6) is 0 Å². The van der Waals surface area contributed by atoms with E-state index < -0.39 is 0 Å². The molecule has 0 aliphatic heterocycles. The molecule has 1 aromatic heterocycles. The van der Waals surface area contributed by atoms with E-state index in [-0.39, 0.29) is 23.6 Å². The highest BCUT2D eigenvalue weighted by Crippen LogP contribution is 2.20. The van der Waals surface area contributed by atoms with Crippen LogP contribution >= 0.6 is 0 Å². The van der Waals surface area contributed by atoms with E-state index in [1.807, 2.05) is 51.4 Å². The van der Waals surface area contributed by atoms with E-state index in [0.29, 0.717) is 12.2 Å². The van der Waals surface area contributed by atoms with Gasteiger partial charge in [0, 0.05) is 19.7 Å². The number of benzene rings is 1. The number of aromatic nitrogens is 2. The van der Waals surface area contributed by atoms with Gasteiger partial charge >= 0.3 is 0 Å². The predicted octanol–water partition coefficient (Wildman–Crippen LogP) is 1.53. The lowest BCUT2D eigenvalue weighted by Crippen LogP contribution is -2.29. The Balaban J connectivity index is 2.24. The molecule has 0 aliphatic rings. The molecule has 1 atom stereocenters. The van der Waals surface area contributed by atoms with Crippen LogP contribution in [0.4, 0.5) is 0 Å². The maximum atomic E-state index is 12.7. The normalized spacial score (nSPS) is 12.0. The van der Waals surface area contributed by atoms with Gasteiger partial charge < -0.3 is 15.5 Å². The summed E-state index contributed by atoms with van der Waals surface area (Å²) in [6.45, 7) is 3.42. The zero-order chi connectivity index (χ0) is 19.1. The van der Waals surface area contributed by atoms with Gasteiger partial charge in [0.05, 0.1) is 6.04 Å². The van der Waals surface area contributed by atoms with Crippen LogP contribution in [0.25, 0.3) is 0 Å². The van der Waals surface area contributed by atoms with Crippen molar-refractivity contribution in [1.29, 1.82) is 0 Å². The lowest BCUT2D eigenvalue weighted by molar-refractivity contribution is 0.0937. The summed E-state index contributed by atoms with van der Waals surface area (Å²) in [4.78, 5) is 26.7. The van der Waals surface area contributed by atoms with Crippen LogP contribution in [0.15, 0.2) is 36.4 Å². The van der Waals surface area contributed by atoms with E-state index >= 15 is 0 Å². The minimum absolute atomic E-state index is 0.169. The highest BCUT2D eigenvalue weighted by molar-refractivity contribution is 5.97. The largest absolute Gasteiger partial charge is 0.354 e. The van der Waals surface area contributed by atoms with Gasteiger partial charge in [-0.1, -0.05) is 30.3 Å². The van der Waals surface area contributed by atoms with Crippen molar-refractivity contribution in [3.63, 3.8) is 0 Å². The Labute approximate surface area is 154 Å². The molecule has 1 aromatic carbocycles. The van der Waals surface area contributed by atoms with Gasteiger partial charge in [-0.15, -0.1) is 0 Å². The number of nitrogens with zero attached hydrogens (tertiary/aromatic N) is 3. The smallest absolute Gasteiger partial charge is 0.271 e. The summed E-state index contributed by atoms with van der Waals surface area (Å²) < 4.78 is 1.61. The number of carbonyl (C=O) groups is 2. The molecule has 0 radical (unpaired) electrons. The first-order chi connectivity index (χ1) is 12.4. The van der Waals surface area contributed by atoms with Crippen molar-refractivity contribution in [3.8, 4) is 0 Å². The van der Waals surface area contributed by atoms with Gasteiger partial charge in [0.15, 0.2) is 5.69 Å². The van der Waals surface area contributed by atoms with Crippen LogP contribution in [0, 0.1) is 0 Å². The zero-order valence-corrected chi connectivity index (χ0v) is 15.8. The molecule has 140 valence electrons. The minimum atomic E-state index is -0.314. The molecular weight excluding hydrogens is 330 g/mol. The Morgan fingerprint density at radius 1 is 1.19 bits per heavy atom. The molecule has 0 saturated carbocycles. The molecule has 7 heteroatoms. The molecule has 26 heavy (non-hydrogen) atoms. The maximum Gasteiger partial charge on any atom is 0.271 e. The first-order valence-electron chi connectivity index (χ1n) is 8.73. The van der Waals surface area contributed by atoms with E-state index in [4.69, 9.17) is 0 Å². The van der Waals surface area contributed by atoms with Crippen molar-refractivity contribution >= 4 is 11.8 Å². The molecule has 0 saturated heterocycles. The quantitative estimate of drug-likeness (QED) is 0.703. The molecule has 1 unspecified atom stereocenters. The van der Waals surface area contributed by atoms with Crippen molar-refractivity contribution in [3.05, 3.63) is 53.3 Å². The molecule has 0 spiro atoms. The van der Waals surface area contributed by atoms with Gasteiger partial charge in [0.25, 0.3) is 11.8 Å². The Hall–Kier alpha value is -2.67. The fourth-order valence-corrected chi connectivity index (χ4v) is 2.66. The van der Waals surface area contributed by atoms with Crippen LogP contribution < -0.4 is 10.6 Å². The lowest BCUT2D eigenvalue weighted by Gasteiger charge is -2.16. The molecule has 1 heterocycles. The van der Waals surface area contributed by atoms with Gasteiger partial charge in [-0.2, -0.15) is 5.10 Å². The second kappa shape index (κ2) is 9.15. The van der Waals surface area contributed by atoms with Crippen molar-refractivity contribution in [2.24, 2.45) is 0 Å². The molecule has 2 N–H and O–H groups in total. The summed E-state index contributed by atoms with van der Waals surface area (Å²) in [7, 11) is 5.53. The summed E-state index contributed by atoms with van der Waals surface area (Å²) in [5, 5.41) is 9.84. The SMILES string of the molecule is CNC(=O)c1cc(C(=O)NCCCN(C)C)n(C(C)c2ccccc2)n1. The van der Waals surface area contributed by atoms with E-state index in [2.05, 4.69) is 20.6 Å². The summed E-state index contributed by atoms with van der Waals surface area (Å²) in [6, 6.07) is 11.1. The minimum Gasteiger partial charge on any atom is -0.354 e. The van der Waals surface area contributed by atoms with Gasteiger partial charge in [0.2, 0.25) is 0 Å². The van der Waals surface area contributed by atoms with E-state index in [1.165, 1.54) is 0 Å². The molecule has 7 nitrogen and oxygen atoms in total. The molecule has 2 amide bonds. The predicted molar refractivity (Wildman–Crippen MR) is 101 cm³/mol. The lowest BCUT2D eigenvalue weighted by atomic mass is 10.1. The van der Waals surface area contributed by atoms with Crippen LogP contribution in [-0.4, -0.2) is 60.7 Å². The fourth-order valence-electron chi connectivity index (χ4n) is 2.66. The second-order valence-corrected chi connectivity index (χ2v) is 6.44. The Bertz CT molecular complexity index is 740. The van der Waals surface area contributed by atoms with Crippen molar-refractivity contribution in [2.75, 3.05) is 34.2 Å². The highest BCUT2D eigenvalue weighted by Gasteiger charge is 2.22. The third kappa shape index (κ3) is 4.92. The molecule has 0 fully saturated rings. The van der Waals surface area contributed by atoms with Crippen molar-refractivity contribution in [2.45, 2.75) is 19.4 Å². The van der Waals surface area contributed by atoms with Crippen LogP contribution in [0.2, 0.25) is 0 Å². The van der Waals surface area contributed by atoms with Crippen molar-refractivity contribution < 1.29 is 9.59 Å². The number of nitrogens with one attached hydrogen (secondary N) is 2. The molecule has 0 aliphatic carbocycles. The maximum absolute atomic E-state index is 12.7. The first-order valence-corrected chi connectivity index (χ1v) is 8.73. The zero-order valence-electron chi connectivity index (χ0n) is 15.8. The molecule has 2 rings (SSSR count). The standard InChI is InChI=1S/C19H27N5O2/c1-14(15-9-6-5-7-10-15)24-17(13-16(22-24)18(25)20-2)19(26)21-11-8-12-23(3)4/h5-7,9-10,13-14H,8,11-12H2,1-4H3,(H,20,25)(H,21,26). The van der Waals surface area contributed by atoms with Gasteiger partial charge in [-0.25, -0.2) is 0 Å². The summed E-state index contributed by atoms with van der Waals surface area (Å²) in [5.74, 6) is -0.542. The van der Waals surface area contributed by atoms with E-state index in [1.54, 1.807) is 17.8 Å². The Kier molecular flexibility index (Phi) is 6.91.